The zero-order valence-corrected chi connectivity index (χ0v) is 30.5. The third-order valence-electron chi connectivity index (χ3n) is 11.3. The molecule has 55 heavy (non-hydrogen) atoms. The summed E-state index contributed by atoms with van der Waals surface area (Å²) < 4.78 is 7.23. The van der Waals surface area contributed by atoms with Gasteiger partial charge in [-0.2, -0.15) is 0 Å². The first-order chi connectivity index (χ1) is 27.2. The molecule has 0 fully saturated rings. The monoisotopic (exact) mass is 717 g/mol. The summed E-state index contributed by atoms with van der Waals surface area (Å²) in [5, 5.41) is 7.59. The highest BCUT2D eigenvalue weighted by Gasteiger charge is 2.18. The normalized spacial score (nSPS) is 12.0. The summed E-state index contributed by atoms with van der Waals surface area (Å²) in [5.74, 6) is 0. The van der Waals surface area contributed by atoms with E-state index in [9.17, 15) is 0 Å². The van der Waals surface area contributed by atoms with Crippen LogP contribution in [0.1, 0.15) is 0 Å². The molecule has 0 saturated heterocycles. The number of para-hydroxylation sites is 4. The zero-order valence-electron chi connectivity index (χ0n) is 29.6. The fourth-order valence-corrected chi connectivity index (χ4v) is 9.83. The van der Waals surface area contributed by atoms with Gasteiger partial charge in [0.2, 0.25) is 0 Å². The smallest absolute Gasteiger partial charge is 0.156 e. The molecule has 4 heteroatoms. The highest BCUT2D eigenvalue weighted by atomic mass is 32.1. The van der Waals surface area contributed by atoms with E-state index in [4.69, 9.17) is 4.98 Å². The maximum absolute atomic E-state index is 5.21. The van der Waals surface area contributed by atoms with E-state index in [0.717, 1.165) is 22.4 Å². The number of rotatable bonds is 4. The quantitative estimate of drug-likeness (QED) is 0.178. The second-order valence-electron chi connectivity index (χ2n) is 14.4. The predicted octanol–water partition coefficient (Wildman–Crippen LogP) is 14.1. The lowest BCUT2D eigenvalue weighted by atomic mass is 9.98. The van der Waals surface area contributed by atoms with Crippen molar-refractivity contribution in [3.63, 3.8) is 0 Å². The Morgan fingerprint density at radius 2 is 1.00 bits per heavy atom. The minimum atomic E-state index is 1.01. The van der Waals surface area contributed by atoms with Crippen LogP contribution in [0.4, 0.5) is 0 Å². The van der Waals surface area contributed by atoms with Crippen molar-refractivity contribution in [3.8, 4) is 39.2 Å². The first-order valence-corrected chi connectivity index (χ1v) is 19.5. The Balaban J connectivity index is 0.935. The maximum Gasteiger partial charge on any atom is 0.156 e. The van der Waals surface area contributed by atoms with Crippen molar-refractivity contribution in [2.24, 2.45) is 0 Å². The van der Waals surface area contributed by atoms with Gasteiger partial charge in [0.1, 0.15) is 0 Å². The van der Waals surface area contributed by atoms with Crippen molar-refractivity contribution in [1.82, 2.24) is 14.0 Å². The molecule has 0 atom stereocenters. The van der Waals surface area contributed by atoms with Crippen molar-refractivity contribution >= 4 is 80.8 Å². The fourth-order valence-electron chi connectivity index (χ4n) is 8.64. The Labute approximate surface area is 320 Å². The fraction of sp³-hybridized carbons (Fsp3) is 0. The van der Waals surface area contributed by atoms with E-state index in [2.05, 4.69) is 197 Å². The number of imidazole rings is 1. The number of fused-ring (bicyclic) bond motifs is 11. The number of aromatic nitrogens is 3. The summed E-state index contributed by atoms with van der Waals surface area (Å²) >= 11 is 1.84. The minimum Gasteiger partial charge on any atom is -0.309 e. The van der Waals surface area contributed by atoms with Crippen LogP contribution in [0, 0.1) is 0 Å². The number of hydrogen-bond donors (Lipinski definition) is 0. The zero-order chi connectivity index (χ0) is 36.0. The maximum atomic E-state index is 5.21. The van der Waals surface area contributed by atoms with Gasteiger partial charge in [0.05, 0.1) is 32.5 Å². The van der Waals surface area contributed by atoms with Crippen LogP contribution in [0.2, 0.25) is 0 Å². The van der Waals surface area contributed by atoms with Gasteiger partial charge in [-0.1, -0.05) is 127 Å². The molecule has 0 aliphatic heterocycles. The number of pyridine rings is 1. The first-order valence-electron chi connectivity index (χ1n) is 18.7. The van der Waals surface area contributed by atoms with Gasteiger partial charge >= 0.3 is 0 Å². The molecule has 0 spiro atoms. The van der Waals surface area contributed by atoms with Gasteiger partial charge in [0, 0.05) is 31.9 Å². The van der Waals surface area contributed by atoms with E-state index in [0.29, 0.717) is 0 Å². The molecule has 0 amide bonds. The van der Waals surface area contributed by atoms with Gasteiger partial charge in [0.25, 0.3) is 0 Å². The van der Waals surface area contributed by atoms with Crippen LogP contribution in [0.3, 0.4) is 0 Å². The molecular formula is C51H31N3S. The molecule has 8 aromatic carbocycles. The number of nitrogens with zero attached hydrogens (tertiary/aromatic N) is 3. The molecule has 12 rings (SSSR count). The molecule has 0 saturated carbocycles. The molecule has 4 heterocycles. The van der Waals surface area contributed by atoms with Crippen molar-refractivity contribution in [1.29, 1.82) is 0 Å². The van der Waals surface area contributed by atoms with Crippen LogP contribution in [0.15, 0.2) is 188 Å². The molecule has 0 aliphatic rings. The molecule has 3 nitrogen and oxygen atoms in total. The number of benzene rings is 8. The highest BCUT2D eigenvalue weighted by Crippen LogP contribution is 2.42. The van der Waals surface area contributed by atoms with E-state index >= 15 is 0 Å². The molecule has 0 N–H and O–H groups in total. The Bertz CT molecular complexity index is 3460. The Morgan fingerprint density at radius 3 is 1.78 bits per heavy atom. The van der Waals surface area contributed by atoms with Gasteiger partial charge in [-0.25, -0.2) is 4.98 Å². The van der Waals surface area contributed by atoms with E-state index in [-0.39, 0.29) is 0 Å². The second-order valence-corrected chi connectivity index (χ2v) is 15.5. The molecular weight excluding hydrogens is 687 g/mol. The molecule has 0 radical (unpaired) electrons. The van der Waals surface area contributed by atoms with Crippen molar-refractivity contribution in [2.45, 2.75) is 0 Å². The lowest BCUT2D eigenvalue weighted by Gasteiger charge is -2.11. The van der Waals surface area contributed by atoms with Gasteiger partial charge in [0.15, 0.2) is 5.65 Å². The number of hydrogen-bond acceptors (Lipinski definition) is 2. The average Bonchev–Trinajstić information content (AvgIpc) is 3.92. The van der Waals surface area contributed by atoms with Gasteiger partial charge in [-0.3, -0.25) is 4.40 Å². The van der Waals surface area contributed by atoms with Crippen LogP contribution in [0.5, 0.6) is 0 Å². The third kappa shape index (κ3) is 4.65. The topological polar surface area (TPSA) is 22.2 Å². The lowest BCUT2D eigenvalue weighted by molar-refractivity contribution is 1.18. The molecule has 12 aromatic rings. The predicted molar refractivity (Wildman–Crippen MR) is 234 cm³/mol. The van der Waals surface area contributed by atoms with Crippen LogP contribution in [0.25, 0.3) is 109 Å². The van der Waals surface area contributed by atoms with E-state index in [1.54, 1.807) is 0 Å². The SMILES string of the molecule is c1ccc(-n2c3ccccc3c3cc(-c4ccc(-c5ccc(-c6cc7c8cc9ccccc9cc8sc7c7nc8ccccc8n67)cc5)cc4)ccc32)cc1. The van der Waals surface area contributed by atoms with Crippen LogP contribution >= 0.6 is 11.3 Å². The van der Waals surface area contributed by atoms with Crippen LogP contribution in [-0.4, -0.2) is 14.0 Å². The van der Waals surface area contributed by atoms with Crippen LogP contribution in [-0.2, 0) is 0 Å². The van der Waals surface area contributed by atoms with Gasteiger partial charge < -0.3 is 4.57 Å². The largest absolute Gasteiger partial charge is 0.309 e. The summed E-state index contributed by atoms with van der Waals surface area (Å²) in [6.45, 7) is 0. The molecule has 4 aromatic heterocycles. The Hall–Kier alpha value is -7.01. The molecule has 256 valence electrons. The standard InChI is InChI=1S/C51H31N3S/c1-2-12-39(13-3-1)53-45-16-8-6-14-40(45)41-28-38(26-27-46(41)53)34-20-18-32(19-21-34)33-22-24-35(25-23-33)48-31-43-42-29-36-10-4-5-11-37(36)30-49(42)55-50(43)51-52-44-15-7-9-17-47(44)54(48)51/h1-31H. The van der Waals surface area contributed by atoms with Gasteiger partial charge in [-0.05, 0) is 99.3 Å². The summed E-state index contributed by atoms with van der Waals surface area (Å²) in [7, 11) is 0. The molecule has 0 unspecified atom stereocenters. The second kappa shape index (κ2) is 11.7. The summed E-state index contributed by atoms with van der Waals surface area (Å²) in [5.41, 5.74) is 13.9. The summed E-state index contributed by atoms with van der Waals surface area (Å²) in [4.78, 5) is 5.21. The van der Waals surface area contributed by atoms with E-state index in [1.165, 1.54) is 86.3 Å². The van der Waals surface area contributed by atoms with Crippen LogP contribution < -0.4 is 0 Å². The number of thiophene rings is 1. The minimum absolute atomic E-state index is 1.01. The van der Waals surface area contributed by atoms with E-state index < -0.39 is 0 Å². The van der Waals surface area contributed by atoms with E-state index in [1.807, 2.05) is 11.3 Å². The first kappa shape index (κ1) is 30.5. The molecule has 0 aliphatic carbocycles. The van der Waals surface area contributed by atoms with Gasteiger partial charge in [-0.15, -0.1) is 11.3 Å². The van der Waals surface area contributed by atoms with Crippen molar-refractivity contribution < 1.29 is 0 Å². The summed E-state index contributed by atoms with van der Waals surface area (Å²) in [6, 6.07) is 68.4. The lowest BCUT2D eigenvalue weighted by Crippen LogP contribution is -1.93. The van der Waals surface area contributed by atoms with Crippen molar-refractivity contribution in [3.05, 3.63) is 188 Å². The Kier molecular flexibility index (Phi) is 6.50. The van der Waals surface area contributed by atoms with Crippen molar-refractivity contribution in [2.75, 3.05) is 0 Å². The molecule has 0 bridgehead atoms. The average molecular weight is 718 g/mol. The third-order valence-corrected chi connectivity index (χ3v) is 12.5. The highest BCUT2D eigenvalue weighted by molar-refractivity contribution is 7.26. The summed E-state index contributed by atoms with van der Waals surface area (Å²) in [6.07, 6.45) is 0. The Morgan fingerprint density at radius 1 is 0.400 bits per heavy atom.